The minimum atomic E-state index is -0.202. The zero-order valence-corrected chi connectivity index (χ0v) is 15.7. The van der Waals surface area contributed by atoms with E-state index in [1.807, 2.05) is 35.7 Å². The smallest absolute Gasteiger partial charge is 0.264 e. The SMILES string of the molecule is O=C(COc1ccccc1)Nc1nc(CN2CCc3ccccc3C2)cs1. The number of anilines is 1. The number of nitrogens with one attached hydrogen (secondary N) is 1. The summed E-state index contributed by atoms with van der Waals surface area (Å²) in [6.07, 6.45) is 1.07. The van der Waals surface area contributed by atoms with Crippen molar-refractivity contribution in [3.05, 3.63) is 76.8 Å². The van der Waals surface area contributed by atoms with Crippen LogP contribution in [0.1, 0.15) is 16.8 Å². The number of benzene rings is 2. The zero-order valence-electron chi connectivity index (χ0n) is 14.9. The third-order valence-corrected chi connectivity index (χ3v) is 5.31. The van der Waals surface area contributed by atoms with Gasteiger partial charge in [-0.15, -0.1) is 11.3 Å². The summed E-state index contributed by atoms with van der Waals surface area (Å²) in [5, 5.41) is 5.43. The van der Waals surface area contributed by atoms with Crippen LogP contribution in [0.15, 0.2) is 60.0 Å². The van der Waals surface area contributed by atoms with Gasteiger partial charge in [-0.25, -0.2) is 4.98 Å². The summed E-state index contributed by atoms with van der Waals surface area (Å²) in [6.45, 7) is 2.74. The topological polar surface area (TPSA) is 54.5 Å². The number of nitrogens with zero attached hydrogens (tertiary/aromatic N) is 2. The Morgan fingerprint density at radius 2 is 1.89 bits per heavy atom. The number of hydrogen-bond acceptors (Lipinski definition) is 5. The van der Waals surface area contributed by atoms with E-state index in [1.165, 1.54) is 22.5 Å². The molecule has 5 nitrogen and oxygen atoms in total. The fourth-order valence-electron chi connectivity index (χ4n) is 3.18. The van der Waals surface area contributed by atoms with Gasteiger partial charge in [0.05, 0.1) is 5.69 Å². The number of carbonyl (C=O) groups excluding carboxylic acids is 1. The molecule has 0 saturated heterocycles. The van der Waals surface area contributed by atoms with E-state index in [2.05, 4.69) is 39.5 Å². The Hall–Kier alpha value is -2.70. The Morgan fingerprint density at radius 3 is 2.74 bits per heavy atom. The lowest BCUT2D eigenvalue weighted by Crippen LogP contribution is -2.30. The van der Waals surface area contributed by atoms with E-state index < -0.39 is 0 Å². The molecule has 3 aromatic rings. The molecule has 27 heavy (non-hydrogen) atoms. The summed E-state index contributed by atoms with van der Waals surface area (Å²) in [5.41, 5.74) is 3.82. The van der Waals surface area contributed by atoms with Crippen LogP contribution in [0.5, 0.6) is 5.75 Å². The van der Waals surface area contributed by atoms with Crippen LogP contribution in [-0.4, -0.2) is 28.9 Å². The molecular formula is C21H21N3O2S. The first kappa shape index (κ1) is 17.7. The number of para-hydroxylation sites is 1. The monoisotopic (exact) mass is 379 g/mol. The van der Waals surface area contributed by atoms with Crippen molar-refractivity contribution >= 4 is 22.4 Å². The number of aromatic nitrogens is 1. The molecular weight excluding hydrogens is 358 g/mol. The molecule has 1 aliphatic heterocycles. The Labute approximate surface area is 162 Å². The molecule has 2 heterocycles. The molecule has 6 heteroatoms. The Morgan fingerprint density at radius 1 is 1.11 bits per heavy atom. The molecule has 0 spiro atoms. The summed E-state index contributed by atoms with van der Waals surface area (Å²) in [5.74, 6) is 0.476. The van der Waals surface area contributed by atoms with Gasteiger partial charge in [0.2, 0.25) is 0 Å². The molecule has 0 aliphatic carbocycles. The number of carbonyl (C=O) groups is 1. The molecule has 0 bridgehead atoms. The molecule has 1 amide bonds. The number of hydrogen-bond donors (Lipinski definition) is 1. The van der Waals surface area contributed by atoms with E-state index in [-0.39, 0.29) is 12.5 Å². The molecule has 1 aliphatic rings. The zero-order chi connectivity index (χ0) is 18.5. The van der Waals surface area contributed by atoms with Gasteiger partial charge in [0.15, 0.2) is 11.7 Å². The van der Waals surface area contributed by atoms with Crippen LogP contribution in [0.3, 0.4) is 0 Å². The van der Waals surface area contributed by atoms with Crippen molar-refractivity contribution in [1.29, 1.82) is 0 Å². The minimum absolute atomic E-state index is 0.0260. The van der Waals surface area contributed by atoms with E-state index in [4.69, 9.17) is 4.74 Å². The summed E-state index contributed by atoms with van der Waals surface area (Å²) < 4.78 is 5.46. The third-order valence-electron chi connectivity index (χ3n) is 4.51. The predicted molar refractivity (Wildman–Crippen MR) is 107 cm³/mol. The first-order chi connectivity index (χ1) is 13.3. The molecule has 0 fully saturated rings. The highest BCUT2D eigenvalue weighted by molar-refractivity contribution is 7.13. The Kier molecular flexibility index (Phi) is 5.46. The van der Waals surface area contributed by atoms with Gasteiger partial charge in [-0.3, -0.25) is 15.0 Å². The number of amides is 1. The normalized spacial score (nSPS) is 13.8. The molecule has 0 atom stereocenters. The Bertz CT molecular complexity index is 911. The van der Waals surface area contributed by atoms with E-state index in [0.717, 1.165) is 31.7 Å². The van der Waals surface area contributed by atoms with Crippen molar-refractivity contribution in [2.45, 2.75) is 19.5 Å². The van der Waals surface area contributed by atoms with Crippen molar-refractivity contribution in [3.8, 4) is 5.75 Å². The molecule has 1 N–H and O–H groups in total. The summed E-state index contributed by atoms with van der Waals surface area (Å²) in [7, 11) is 0. The first-order valence-electron chi connectivity index (χ1n) is 8.97. The Balaban J connectivity index is 1.28. The van der Waals surface area contributed by atoms with Crippen LogP contribution in [0.4, 0.5) is 5.13 Å². The van der Waals surface area contributed by atoms with E-state index in [9.17, 15) is 4.79 Å². The molecule has 0 saturated carbocycles. The number of thiazole rings is 1. The number of fused-ring (bicyclic) bond motifs is 1. The van der Waals surface area contributed by atoms with Crippen molar-refractivity contribution in [2.75, 3.05) is 18.5 Å². The quantitative estimate of drug-likeness (QED) is 0.709. The fraction of sp³-hybridized carbons (Fsp3) is 0.238. The summed E-state index contributed by atoms with van der Waals surface area (Å²) >= 11 is 1.45. The standard InChI is InChI=1S/C21H21N3O2S/c25-20(14-26-19-8-2-1-3-9-19)23-21-22-18(15-27-21)13-24-11-10-16-6-4-5-7-17(16)12-24/h1-9,15H,10-14H2,(H,22,23,25). The molecule has 1 aromatic heterocycles. The largest absolute Gasteiger partial charge is 0.484 e. The maximum Gasteiger partial charge on any atom is 0.264 e. The molecule has 2 aromatic carbocycles. The average molecular weight is 379 g/mol. The van der Waals surface area contributed by atoms with Crippen LogP contribution in [0, 0.1) is 0 Å². The van der Waals surface area contributed by atoms with Gasteiger partial charge in [-0.1, -0.05) is 42.5 Å². The van der Waals surface area contributed by atoms with Gasteiger partial charge in [0.25, 0.3) is 5.91 Å². The number of ether oxygens (including phenoxy) is 1. The fourth-order valence-corrected chi connectivity index (χ4v) is 3.89. The van der Waals surface area contributed by atoms with Crippen LogP contribution < -0.4 is 10.1 Å². The molecule has 0 radical (unpaired) electrons. The van der Waals surface area contributed by atoms with Crippen LogP contribution in [0.25, 0.3) is 0 Å². The predicted octanol–water partition coefficient (Wildman–Crippen LogP) is 3.72. The van der Waals surface area contributed by atoms with E-state index in [0.29, 0.717) is 10.9 Å². The van der Waals surface area contributed by atoms with Gasteiger partial charge < -0.3 is 4.74 Å². The molecule has 0 unspecified atom stereocenters. The van der Waals surface area contributed by atoms with Crippen LogP contribution >= 0.6 is 11.3 Å². The highest BCUT2D eigenvalue weighted by Crippen LogP contribution is 2.22. The van der Waals surface area contributed by atoms with Crippen molar-refractivity contribution in [2.24, 2.45) is 0 Å². The second-order valence-corrected chi connectivity index (χ2v) is 7.38. The lowest BCUT2D eigenvalue weighted by atomic mass is 10.00. The second kappa shape index (κ2) is 8.33. The van der Waals surface area contributed by atoms with Gasteiger partial charge in [0, 0.05) is 25.0 Å². The summed E-state index contributed by atoms with van der Waals surface area (Å²) in [4.78, 5) is 19.0. The van der Waals surface area contributed by atoms with Crippen molar-refractivity contribution in [1.82, 2.24) is 9.88 Å². The van der Waals surface area contributed by atoms with E-state index in [1.54, 1.807) is 0 Å². The third kappa shape index (κ3) is 4.72. The highest BCUT2D eigenvalue weighted by Gasteiger charge is 2.17. The molecule has 138 valence electrons. The van der Waals surface area contributed by atoms with Gasteiger partial charge in [0.1, 0.15) is 5.75 Å². The second-order valence-electron chi connectivity index (χ2n) is 6.52. The molecule has 4 rings (SSSR count). The van der Waals surface area contributed by atoms with Gasteiger partial charge >= 0.3 is 0 Å². The first-order valence-corrected chi connectivity index (χ1v) is 9.85. The van der Waals surface area contributed by atoms with Gasteiger partial charge in [-0.2, -0.15) is 0 Å². The van der Waals surface area contributed by atoms with Crippen molar-refractivity contribution in [3.63, 3.8) is 0 Å². The highest BCUT2D eigenvalue weighted by atomic mass is 32.1. The number of rotatable bonds is 6. The minimum Gasteiger partial charge on any atom is -0.484 e. The van der Waals surface area contributed by atoms with Gasteiger partial charge in [-0.05, 0) is 29.7 Å². The maximum atomic E-state index is 12.0. The lowest BCUT2D eigenvalue weighted by molar-refractivity contribution is -0.118. The van der Waals surface area contributed by atoms with Crippen LogP contribution in [0.2, 0.25) is 0 Å². The average Bonchev–Trinajstić information content (AvgIpc) is 3.14. The maximum absolute atomic E-state index is 12.0. The lowest BCUT2D eigenvalue weighted by Gasteiger charge is -2.27. The summed E-state index contributed by atoms with van der Waals surface area (Å²) in [6, 6.07) is 17.9. The van der Waals surface area contributed by atoms with Crippen LogP contribution in [-0.2, 0) is 24.3 Å². The van der Waals surface area contributed by atoms with Crippen molar-refractivity contribution < 1.29 is 9.53 Å². The van der Waals surface area contributed by atoms with E-state index >= 15 is 0 Å².